The Hall–Kier alpha value is -1.46. The van der Waals surface area contributed by atoms with Crippen molar-refractivity contribution in [2.45, 2.75) is 18.2 Å². The number of nitrogens with one attached hydrogen (secondary N) is 2. The highest BCUT2D eigenvalue weighted by atomic mass is 35.5. The van der Waals surface area contributed by atoms with Gasteiger partial charge < -0.3 is 10.6 Å². The van der Waals surface area contributed by atoms with Gasteiger partial charge in [0.05, 0.1) is 11.9 Å². The minimum absolute atomic E-state index is 0.503. The molecule has 0 amide bonds. The second-order valence-corrected chi connectivity index (χ2v) is 5.40. The van der Waals surface area contributed by atoms with Crippen molar-refractivity contribution in [1.82, 2.24) is 9.97 Å². The van der Waals surface area contributed by atoms with E-state index >= 15 is 0 Å². The third kappa shape index (κ3) is 3.77. The van der Waals surface area contributed by atoms with Crippen molar-refractivity contribution < 1.29 is 0 Å². The van der Waals surface area contributed by atoms with Crippen LogP contribution in [0.5, 0.6) is 0 Å². The summed E-state index contributed by atoms with van der Waals surface area (Å²) < 4.78 is 0. The quantitative estimate of drug-likeness (QED) is 0.774. The zero-order chi connectivity index (χ0) is 14.4. The lowest BCUT2D eigenvalue weighted by Crippen LogP contribution is -2.06. The molecule has 1 heterocycles. The van der Waals surface area contributed by atoms with Gasteiger partial charge in [-0.3, -0.25) is 0 Å². The van der Waals surface area contributed by atoms with Crippen LogP contribution in [-0.4, -0.2) is 22.8 Å². The fourth-order valence-corrected chi connectivity index (χ4v) is 2.34. The molecule has 0 saturated carbocycles. The van der Waals surface area contributed by atoms with Gasteiger partial charge in [0.1, 0.15) is 5.02 Å². The maximum atomic E-state index is 6.15. The van der Waals surface area contributed by atoms with Crippen LogP contribution in [0.2, 0.25) is 5.02 Å². The zero-order valence-corrected chi connectivity index (χ0v) is 13.1. The van der Waals surface area contributed by atoms with Crippen molar-refractivity contribution in [3.63, 3.8) is 0 Å². The summed E-state index contributed by atoms with van der Waals surface area (Å²) in [4.78, 5) is 9.71. The Bertz CT molecular complexity index is 577. The van der Waals surface area contributed by atoms with E-state index in [1.165, 1.54) is 0 Å². The number of halogens is 1. The summed E-state index contributed by atoms with van der Waals surface area (Å²) in [7, 11) is 0. The summed E-state index contributed by atoms with van der Waals surface area (Å²) in [5.41, 5.74) is 0.988. The lowest BCUT2D eigenvalue weighted by atomic mass is 10.3. The van der Waals surface area contributed by atoms with E-state index < -0.39 is 0 Å². The second kappa shape index (κ2) is 7.36. The Morgan fingerprint density at radius 3 is 2.85 bits per heavy atom. The van der Waals surface area contributed by atoms with Gasteiger partial charge in [-0.1, -0.05) is 30.7 Å². The van der Waals surface area contributed by atoms with Gasteiger partial charge in [-0.05, 0) is 24.8 Å². The van der Waals surface area contributed by atoms with Crippen molar-refractivity contribution >= 4 is 40.8 Å². The van der Waals surface area contributed by atoms with Crippen LogP contribution >= 0.6 is 23.4 Å². The number of benzene rings is 1. The number of anilines is 3. The van der Waals surface area contributed by atoms with Crippen molar-refractivity contribution in [3.05, 3.63) is 35.5 Å². The van der Waals surface area contributed by atoms with Crippen LogP contribution in [0, 0.1) is 0 Å². The Morgan fingerprint density at radius 2 is 2.10 bits per heavy atom. The average Bonchev–Trinajstić information content (AvgIpc) is 2.48. The summed E-state index contributed by atoms with van der Waals surface area (Å²) in [6.07, 6.45) is 4.66. The molecule has 4 nitrogen and oxygen atoms in total. The highest BCUT2D eigenvalue weighted by Crippen LogP contribution is 2.30. The number of rotatable bonds is 6. The van der Waals surface area contributed by atoms with E-state index in [-0.39, 0.29) is 0 Å². The molecule has 20 heavy (non-hydrogen) atoms. The molecule has 0 saturated heterocycles. The molecule has 1 aromatic carbocycles. The molecule has 0 bridgehead atoms. The molecule has 1 aromatic heterocycles. The second-order valence-electron chi connectivity index (χ2n) is 4.14. The Balaban J connectivity index is 2.23. The van der Waals surface area contributed by atoms with E-state index in [0.29, 0.717) is 16.8 Å². The predicted molar refractivity (Wildman–Crippen MR) is 87.3 cm³/mol. The molecule has 0 aliphatic heterocycles. The Morgan fingerprint density at radius 1 is 1.30 bits per heavy atom. The standard InChI is InChI=1S/C14H17ClN4S/c1-3-8-16-14-17-9-10(15)13(19-14)18-11-6-4-5-7-12(11)20-2/h4-7,9H,3,8H2,1-2H3,(H2,16,17,18,19). The van der Waals surface area contributed by atoms with Gasteiger partial charge >= 0.3 is 0 Å². The fourth-order valence-electron chi connectivity index (χ4n) is 1.65. The summed E-state index contributed by atoms with van der Waals surface area (Å²) in [5.74, 6) is 1.20. The molecular weight excluding hydrogens is 292 g/mol. The molecule has 0 radical (unpaired) electrons. The van der Waals surface area contributed by atoms with Crippen LogP contribution in [-0.2, 0) is 0 Å². The lowest BCUT2D eigenvalue weighted by molar-refractivity contribution is 0.953. The summed E-state index contributed by atoms with van der Waals surface area (Å²) >= 11 is 7.83. The van der Waals surface area contributed by atoms with Gasteiger partial charge in [-0.25, -0.2) is 4.98 Å². The van der Waals surface area contributed by atoms with Crippen molar-refractivity contribution in [2.24, 2.45) is 0 Å². The van der Waals surface area contributed by atoms with Crippen LogP contribution in [0.3, 0.4) is 0 Å². The summed E-state index contributed by atoms with van der Waals surface area (Å²) in [6.45, 7) is 2.93. The van der Waals surface area contributed by atoms with E-state index in [0.717, 1.165) is 23.5 Å². The van der Waals surface area contributed by atoms with Crippen molar-refractivity contribution in [3.8, 4) is 0 Å². The van der Waals surface area contributed by atoms with Crippen LogP contribution in [0.25, 0.3) is 0 Å². The van der Waals surface area contributed by atoms with Gasteiger partial charge in [0.25, 0.3) is 0 Å². The van der Waals surface area contributed by atoms with E-state index in [1.807, 2.05) is 24.5 Å². The molecule has 0 aliphatic carbocycles. The third-order valence-electron chi connectivity index (χ3n) is 2.64. The monoisotopic (exact) mass is 308 g/mol. The normalized spacial score (nSPS) is 10.3. The molecule has 2 aromatic rings. The molecule has 0 atom stereocenters. The van der Waals surface area contributed by atoms with Crippen molar-refractivity contribution in [2.75, 3.05) is 23.4 Å². The molecule has 2 rings (SSSR count). The van der Waals surface area contributed by atoms with Gasteiger partial charge in [0.15, 0.2) is 5.82 Å². The van der Waals surface area contributed by atoms with Gasteiger partial charge in [0.2, 0.25) is 5.95 Å². The van der Waals surface area contributed by atoms with Gasteiger partial charge in [-0.15, -0.1) is 11.8 Å². The van der Waals surface area contributed by atoms with E-state index in [2.05, 4.69) is 33.6 Å². The minimum atomic E-state index is 0.503. The topological polar surface area (TPSA) is 49.8 Å². The smallest absolute Gasteiger partial charge is 0.224 e. The number of thioether (sulfide) groups is 1. The molecule has 106 valence electrons. The Labute approximate surface area is 128 Å². The average molecular weight is 309 g/mol. The van der Waals surface area contributed by atoms with Gasteiger partial charge in [-0.2, -0.15) is 4.98 Å². The number of nitrogens with zero attached hydrogens (tertiary/aromatic N) is 2. The molecular formula is C14H17ClN4S. The number of hydrogen-bond donors (Lipinski definition) is 2. The van der Waals surface area contributed by atoms with E-state index in [9.17, 15) is 0 Å². The van der Waals surface area contributed by atoms with E-state index in [4.69, 9.17) is 11.6 Å². The van der Waals surface area contributed by atoms with E-state index in [1.54, 1.807) is 18.0 Å². The third-order valence-corrected chi connectivity index (χ3v) is 3.71. The first-order valence-electron chi connectivity index (χ1n) is 6.41. The number of hydrogen-bond acceptors (Lipinski definition) is 5. The maximum absolute atomic E-state index is 6.15. The summed E-state index contributed by atoms with van der Waals surface area (Å²) in [5, 5.41) is 6.92. The first kappa shape index (κ1) is 14.9. The SMILES string of the molecule is CCCNc1ncc(Cl)c(Nc2ccccc2SC)n1. The molecule has 0 unspecified atom stereocenters. The fraction of sp³-hybridized carbons (Fsp3) is 0.286. The highest BCUT2D eigenvalue weighted by Gasteiger charge is 2.07. The molecule has 2 N–H and O–H groups in total. The minimum Gasteiger partial charge on any atom is -0.354 e. The zero-order valence-electron chi connectivity index (χ0n) is 11.5. The first-order chi connectivity index (χ1) is 9.74. The molecule has 6 heteroatoms. The van der Waals surface area contributed by atoms with Crippen molar-refractivity contribution in [1.29, 1.82) is 0 Å². The number of para-hydroxylation sites is 1. The van der Waals surface area contributed by atoms with Crippen LogP contribution in [0.1, 0.15) is 13.3 Å². The van der Waals surface area contributed by atoms with Crippen LogP contribution in [0.4, 0.5) is 17.5 Å². The first-order valence-corrected chi connectivity index (χ1v) is 8.01. The Kier molecular flexibility index (Phi) is 5.49. The number of aromatic nitrogens is 2. The highest BCUT2D eigenvalue weighted by molar-refractivity contribution is 7.98. The largest absolute Gasteiger partial charge is 0.354 e. The summed E-state index contributed by atoms with van der Waals surface area (Å²) in [6, 6.07) is 8.04. The predicted octanol–water partition coefficient (Wildman–Crippen LogP) is 4.42. The molecule has 0 fully saturated rings. The van der Waals surface area contributed by atoms with Gasteiger partial charge in [0, 0.05) is 11.4 Å². The van der Waals surface area contributed by atoms with Crippen LogP contribution in [0.15, 0.2) is 35.4 Å². The molecule has 0 spiro atoms. The van der Waals surface area contributed by atoms with Crippen LogP contribution < -0.4 is 10.6 Å². The lowest BCUT2D eigenvalue weighted by Gasteiger charge is -2.12. The maximum Gasteiger partial charge on any atom is 0.224 e. The molecule has 0 aliphatic rings.